The molecule has 0 saturated carbocycles. The van der Waals surface area contributed by atoms with E-state index in [4.69, 9.17) is 20.9 Å². The fourth-order valence-corrected chi connectivity index (χ4v) is 1.85. The van der Waals surface area contributed by atoms with E-state index in [1.54, 1.807) is 25.3 Å². The summed E-state index contributed by atoms with van der Waals surface area (Å²) in [4.78, 5) is 11.2. The van der Waals surface area contributed by atoms with E-state index < -0.39 is 11.7 Å². The Balaban J connectivity index is 2.33. The van der Waals surface area contributed by atoms with E-state index in [2.05, 4.69) is 0 Å². The van der Waals surface area contributed by atoms with Gasteiger partial charge in [0, 0.05) is 18.9 Å². The van der Waals surface area contributed by atoms with Gasteiger partial charge in [0.05, 0.1) is 12.2 Å². The van der Waals surface area contributed by atoms with Crippen LogP contribution in [0.1, 0.15) is 15.9 Å². The quantitative estimate of drug-likeness (QED) is 0.828. The van der Waals surface area contributed by atoms with Gasteiger partial charge in [-0.1, -0.05) is 12.1 Å². The van der Waals surface area contributed by atoms with Gasteiger partial charge in [0.25, 0.3) is 5.91 Å². The predicted octanol–water partition coefficient (Wildman–Crippen LogP) is 2.45. The van der Waals surface area contributed by atoms with Gasteiger partial charge in [0.1, 0.15) is 5.75 Å². The number of carbonyl (C=O) groups excluding carboxylic acids is 1. The number of halogens is 1. The van der Waals surface area contributed by atoms with Crippen LogP contribution in [-0.2, 0) is 11.3 Å². The van der Waals surface area contributed by atoms with E-state index in [1.807, 2.05) is 6.07 Å². The van der Waals surface area contributed by atoms with Gasteiger partial charge in [-0.25, -0.2) is 4.39 Å². The first-order valence-electron chi connectivity index (χ1n) is 6.16. The second-order valence-electron chi connectivity index (χ2n) is 4.42. The Bertz CT molecular complexity index is 674. The molecule has 2 aromatic rings. The van der Waals surface area contributed by atoms with Crippen molar-refractivity contribution in [2.24, 2.45) is 5.73 Å². The first-order chi connectivity index (χ1) is 10.0. The van der Waals surface area contributed by atoms with E-state index in [1.165, 1.54) is 6.07 Å². The number of ether oxygens (including phenoxy) is 2. The Morgan fingerprint density at radius 1 is 1.29 bits per heavy atom. The van der Waals surface area contributed by atoms with Gasteiger partial charge in [0.2, 0.25) is 0 Å². The van der Waals surface area contributed by atoms with Crippen molar-refractivity contribution in [1.82, 2.24) is 0 Å². The number of amides is 1. The molecule has 5 nitrogen and oxygen atoms in total. The first-order valence-corrected chi connectivity index (χ1v) is 6.16. The molecule has 2 rings (SSSR count). The fourth-order valence-electron chi connectivity index (χ4n) is 1.85. The molecule has 110 valence electrons. The van der Waals surface area contributed by atoms with Gasteiger partial charge >= 0.3 is 0 Å². The summed E-state index contributed by atoms with van der Waals surface area (Å²) >= 11 is 0. The highest BCUT2D eigenvalue weighted by atomic mass is 19.1. The standard InChI is InChI=1S/C15H15FN2O3/c1-20-8-9-3-2-4-10(5-9)21-14-6-11(15(18)19)13(17)7-12(14)16/h2-7H,8,17H2,1H3,(H2,18,19). The van der Waals surface area contributed by atoms with Gasteiger partial charge in [-0.05, 0) is 23.8 Å². The second kappa shape index (κ2) is 6.23. The Labute approximate surface area is 121 Å². The average Bonchev–Trinajstić information content (AvgIpc) is 2.42. The highest BCUT2D eigenvalue weighted by Gasteiger charge is 2.13. The Morgan fingerprint density at radius 3 is 2.71 bits per heavy atom. The van der Waals surface area contributed by atoms with Crippen molar-refractivity contribution in [3.05, 3.63) is 53.3 Å². The van der Waals surface area contributed by atoms with Gasteiger partial charge in [-0.3, -0.25) is 4.79 Å². The van der Waals surface area contributed by atoms with Crippen LogP contribution in [0.15, 0.2) is 36.4 Å². The van der Waals surface area contributed by atoms with Crippen LogP contribution in [0.5, 0.6) is 11.5 Å². The molecule has 0 fully saturated rings. The summed E-state index contributed by atoms with van der Waals surface area (Å²) in [5, 5.41) is 0. The highest BCUT2D eigenvalue weighted by Crippen LogP contribution is 2.29. The zero-order valence-electron chi connectivity index (χ0n) is 11.4. The van der Waals surface area contributed by atoms with Crippen LogP contribution < -0.4 is 16.2 Å². The topological polar surface area (TPSA) is 87.6 Å². The molecule has 1 amide bonds. The molecule has 0 saturated heterocycles. The van der Waals surface area contributed by atoms with Gasteiger partial charge < -0.3 is 20.9 Å². The molecule has 0 aliphatic carbocycles. The third-order valence-electron chi connectivity index (χ3n) is 2.81. The predicted molar refractivity (Wildman–Crippen MR) is 76.6 cm³/mol. The number of primary amides is 1. The van der Waals surface area contributed by atoms with Gasteiger partial charge in [-0.2, -0.15) is 0 Å². The van der Waals surface area contributed by atoms with Crippen LogP contribution in [0, 0.1) is 5.82 Å². The molecule has 0 spiro atoms. The fraction of sp³-hybridized carbons (Fsp3) is 0.133. The van der Waals surface area contributed by atoms with Crippen molar-refractivity contribution in [1.29, 1.82) is 0 Å². The summed E-state index contributed by atoms with van der Waals surface area (Å²) in [6.07, 6.45) is 0. The summed E-state index contributed by atoms with van der Waals surface area (Å²) in [5.41, 5.74) is 11.6. The minimum atomic E-state index is -0.745. The van der Waals surface area contributed by atoms with E-state index in [9.17, 15) is 9.18 Å². The maximum Gasteiger partial charge on any atom is 0.250 e. The third-order valence-corrected chi connectivity index (χ3v) is 2.81. The SMILES string of the molecule is COCc1cccc(Oc2cc(C(N)=O)c(N)cc2F)c1. The van der Waals surface area contributed by atoms with Crippen LogP contribution in [0.3, 0.4) is 0 Å². The average molecular weight is 290 g/mol. The minimum Gasteiger partial charge on any atom is -0.454 e. The molecule has 0 radical (unpaired) electrons. The Hall–Kier alpha value is -2.60. The van der Waals surface area contributed by atoms with Crippen molar-refractivity contribution < 1.29 is 18.7 Å². The number of rotatable bonds is 5. The molecule has 6 heteroatoms. The van der Waals surface area contributed by atoms with Crippen molar-refractivity contribution in [3.8, 4) is 11.5 Å². The third kappa shape index (κ3) is 3.49. The normalized spacial score (nSPS) is 10.4. The van der Waals surface area contributed by atoms with Gasteiger partial charge in [0.15, 0.2) is 11.6 Å². The maximum absolute atomic E-state index is 13.8. The number of carbonyl (C=O) groups is 1. The molecule has 0 unspecified atom stereocenters. The summed E-state index contributed by atoms with van der Waals surface area (Å²) in [6.45, 7) is 0.411. The second-order valence-corrected chi connectivity index (χ2v) is 4.42. The number of hydrogen-bond acceptors (Lipinski definition) is 4. The van der Waals surface area contributed by atoms with Crippen molar-refractivity contribution in [3.63, 3.8) is 0 Å². The van der Waals surface area contributed by atoms with Crippen LogP contribution >= 0.6 is 0 Å². The van der Waals surface area contributed by atoms with Crippen LogP contribution in [0.2, 0.25) is 0 Å². The van der Waals surface area contributed by atoms with E-state index in [0.29, 0.717) is 12.4 Å². The lowest BCUT2D eigenvalue weighted by molar-refractivity contribution is 0.100. The number of benzene rings is 2. The monoisotopic (exact) mass is 290 g/mol. The molecule has 21 heavy (non-hydrogen) atoms. The molecule has 0 atom stereocenters. The van der Waals surface area contributed by atoms with E-state index in [0.717, 1.165) is 11.6 Å². The number of nitrogens with two attached hydrogens (primary N) is 2. The van der Waals surface area contributed by atoms with E-state index in [-0.39, 0.29) is 17.0 Å². The Kier molecular flexibility index (Phi) is 4.39. The lowest BCUT2D eigenvalue weighted by Gasteiger charge is -2.10. The summed E-state index contributed by atoms with van der Waals surface area (Å²) in [5.74, 6) is -1.11. The van der Waals surface area contributed by atoms with Crippen molar-refractivity contribution in [2.75, 3.05) is 12.8 Å². The maximum atomic E-state index is 13.8. The molecular formula is C15H15FN2O3. The highest BCUT2D eigenvalue weighted by molar-refractivity contribution is 5.98. The summed E-state index contributed by atoms with van der Waals surface area (Å²) in [6, 6.07) is 9.19. The van der Waals surface area contributed by atoms with Gasteiger partial charge in [-0.15, -0.1) is 0 Å². The Morgan fingerprint density at radius 2 is 2.05 bits per heavy atom. The molecule has 0 aliphatic rings. The molecule has 0 heterocycles. The molecule has 0 aromatic heterocycles. The largest absolute Gasteiger partial charge is 0.454 e. The molecule has 2 aromatic carbocycles. The summed E-state index contributed by atoms with van der Waals surface area (Å²) in [7, 11) is 1.58. The zero-order chi connectivity index (χ0) is 15.4. The van der Waals surface area contributed by atoms with Crippen LogP contribution in [0.4, 0.5) is 10.1 Å². The van der Waals surface area contributed by atoms with Crippen LogP contribution in [-0.4, -0.2) is 13.0 Å². The number of hydrogen-bond donors (Lipinski definition) is 2. The molecule has 0 aliphatic heterocycles. The number of anilines is 1. The lowest BCUT2D eigenvalue weighted by atomic mass is 10.1. The number of nitrogen functional groups attached to an aromatic ring is 1. The molecular weight excluding hydrogens is 275 g/mol. The number of methoxy groups -OCH3 is 1. The molecule has 0 bridgehead atoms. The summed E-state index contributed by atoms with van der Waals surface area (Å²) < 4.78 is 24.3. The van der Waals surface area contributed by atoms with E-state index >= 15 is 0 Å². The molecule has 4 N–H and O–H groups in total. The zero-order valence-corrected chi connectivity index (χ0v) is 11.4. The first kappa shape index (κ1) is 14.8. The lowest BCUT2D eigenvalue weighted by Crippen LogP contribution is -2.14. The van der Waals surface area contributed by atoms with Crippen molar-refractivity contribution >= 4 is 11.6 Å². The van der Waals surface area contributed by atoms with Crippen LogP contribution in [0.25, 0.3) is 0 Å². The smallest absolute Gasteiger partial charge is 0.250 e. The minimum absolute atomic E-state index is 0.0134. The van der Waals surface area contributed by atoms with Crippen molar-refractivity contribution in [2.45, 2.75) is 6.61 Å².